The zero-order valence-corrected chi connectivity index (χ0v) is 13.3. The number of alkyl halides is 2. The summed E-state index contributed by atoms with van der Waals surface area (Å²) in [6, 6.07) is 11.1. The van der Waals surface area contributed by atoms with Crippen LogP contribution in [0.4, 0.5) is 20.2 Å². The van der Waals surface area contributed by atoms with E-state index in [9.17, 15) is 8.78 Å². The lowest BCUT2D eigenvalue weighted by atomic mass is 10.3. The first-order valence-corrected chi connectivity index (χ1v) is 7.19. The van der Waals surface area contributed by atoms with Gasteiger partial charge < -0.3 is 15.4 Å². The van der Waals surface area contributed by atoms with Crippen molar-refractivity contribution >= 4 is 51.9 Å². The standard InChI is InChI=1S/C14H10Cl2F2N2OS/c15-9-6-5-8(7-10(9)16)19-14(22)20-11-3-1-2-4-12(11)21-13(17)18/h1-7,13H,(H2,19,20,22). The van der Waals surface area contributed by atoms with Crippen LogP contribution < -0.4 is 15.4 Å². The van der Waals surface area contributed by atoms with E-state index in [0.29, 0.717) is 21.4 Å². The van der Waals surface area contributed by atoms with Crippen LogP contribution in [0.15, 0.2) is 42.5 Å². The van der Waals surface area contributed by atoms with E-state index in [-0.39, 0.29) is 10.9 Å². The van der Waals surface area contributed by atoms with Crippen molar-refractivity contribution < 1.29 is 13.5 Å². The van der Waals surface area contributed by atoms with Crippen molar-refractivity contribution in [1.29, 1.82) is 0 Å². The number of anilines is 2. The molecule has 2 aromatic rings. The van der Waals surface area contributed by atoms with Crippen LogP contribution in [0.25, 0.3) is 0 Å². The van der Waals surface area contributed by atoms with E-state index in [0.717, 1.165) is 0 Å². The number of hydrogen-bond acceptors (Lipinski definition) is 2. The maximum Gasteiger partial charge on any atom is 0.387 e. The number of thiocarbonyl (C=S) groups is 1. The Bertz CT molecular complexity index is 686. The van der Waals surface area contributed by atoms with Gasteiger partial charge in [-0.05, 0) is 42.5 Å². The molecule has 0 aliphatic carbocycles. The molecule has 3 nitrogen and oxygen atoms in total. The Morgan fingerprint density at radius 3 is 2.45 bits per heavy atom. The third-order valence-corrected chi connectivity index (χ3v) is 3.47. The summed E-state index contributed by atoms with van der Waals surface area (Å²) >= 11 is 16.8. The van der Waals surface area contributed by atoms with Crippen LogP contribution >= 0.6 is 35.4 Å². The summed E-state index contributed by atoms with van der Waals surface area (Å²) in [6.07, 6.45) is 0. The van der Waals surface area contributed by atoms with Crippen molar-refractivity contribution in [2.45, 2.75) is 6.61 Å². The van der Waals surface area contributed by atoms with Gasteiger partial charge in [-0.3, -0.25) is 0 Å². The van der Waals surface area contributed by atoms with E-state index in [4.69, 9.17) is 35.4 Å². The molecular formula is C14H10Cl2F2N2OS. The number of hydrogen-bond donors (Lipinski definition) is 2. The topological polar surface area (TPSA) is 33.3 Å². The van der Waals surface area contributed by atoms with Gasteiger partial charge in [0.2, 0.25) is 0 Å². The van der Waals surface area contributed by atoms with Crippen molar-refractivity contribution in [1.82, 2.24) is 0 Å². The first-order valence-electron chi connectivity index (χ1n) is 6.02. The zero-order chi connectivity index (χ0) is 16.1. The third kappa shape index (κ3) is 4.69. The Morgan fingerprint density at radius 1 is 1.05 bits per heavy atom. The molecule has 0 saturated heterocycles. The average molecular weight is 363 g/mol. The van der Waals surface area contributed by atoms with Gasteiger partial charge in [-0.15, -0.1) is 0 Å². The molecule has 22 heavy (non-hydrogen) atoms. The molecule has 0 unspecified atom stereocenters. The normalized spacial score (nSPS) is 10.4. The molecular weight excluding hydrogens is 353 g/mol. The maximum atomic E-state index is 12.3. The van der Waals surface area contributed by atoms with Gasteiger partial charge in [0, 0.05) is 5.69 Å². The minimum atomic E-state index is -2.92. The summed E-state index contributed by atoms with van der Waals surface area (Å²) in [6.45, 7) is -2.92. The summed E-state index contributed by atoms with van der Waals surface area (Å²) in [5.74, 6) is -0.00390. The molecule has 2 rings (SSSR count). The predicted octanol–water partition coefficient (Wildman–Crippen LogP) is 5.40. The predicted molar refractivity (Wildman–Crippen MR) is 89.4 cm³/mol. The molecule has 0 aliphatic heterocycles. The first kappa shape index (κ1) is 16.7. The number of ether oxygens (including phenoxy) is 1. The highest BCUT2D eigenvalue weighted by Crippen LogP contribution is 2.27. The fraction of sp³-hybridized carbons (Fsp3) is 0.0714. The van der Waals surface area contributed by atoms with E-state index >= 15 is 0 Å². The summed E-state index contributed by atoms with van der Waals surface area (Å²) in [7, 11) is 0. The van der Waals surface area contributed by atoms with E-state index < -0.39 is 6.61 Å². The molecule has 0 radical (unpaired) electrons. The number of benzene rings is 2. The summed E-state index contributed by atoms with van der Waals surface area (Å²) in [5, 5.41) is 6.64. The van der Waals surface area contributed by atoms with E-state index in [1.807, 2.05) is 0 Å². The maximum absolute atomic E-state index is 12.3. The highest BCUT2D eigenvalue weighted by atomic mass is 35.5. The van der Waals surface area contributed by atoms with Gasteiger partial charge >= 0.3 is 6.61 Å². The Balaban J connectivity index is 2.07. The van der Waals surface area contributed by atoms with Gasteiger partial charge in [-0.25, -0.2) is 0 Å². The van der Waals surface area contributed by atoms with Crippen LogP contribution in [0.3, 0.4) is 0 Å². The van der Waals surface area contributed by atoms with Crippen LogP contribution in [0, 0.1) is 0 Å². The average Bonchev–Trinajstić information content (AvgIpc) is 2.44. The molecule has 0 saturated carbocycles. The van der Waals surface area contributed by atoms with Crippen LogP contribution in [0.5, 0.6) is 5.75 Å². The van der Waals surface area contributed by atoms with E-state index in [1.165, 1.54) is 6.07 Å². The summed E-state index contributed by atoms with van der Waals surface area (Å²) in [4.78, 5) is 0. The second-order valence-corrected chi connectivity index (χ2v) is 5.31. The highest BCUT2D eigenvalue weighted by molar-refractivity contribution is 7.80. The number of nitrogens with one attached hydrogen (secondary N) is 2. The second-order valence-electron chi connectivity index (χ2n) is 4.08. The smallest absolute Gasteiger partial charge is 0.387 e. The molecule has 0 fully saturated rings. The number of para-hydroxylation sites is 2. The van der Waals surface area contributed by atoms with Crippen molar-refractivity contribution in [2.24, 2.45) is 0 Å². The molecule has 0 aromatic heterocycles. The van der Waals surface area contributed by atoms with Crippen LogP contribution in [0.1, 0.15) is 0 Å². The Kier molecular flexibility index (Phi) is 5.76. The lowest BCUT2D eigenvalue weighted by molar-refractivity contribution is -0.0493. The van der Waals surface area contributed by atoms with E-state index in [2.05, 4.69) is 15.4 Å². The van der Waals surface area contributed by atoms with E-state index in [1.54, 1.807) is 36.4 Å². The fourth-order valence-electron chi connectivity index (χ4n) is 1.63. The van der Waals surface area contributed by atoms with Crippen LogP contribution in [-0.2, 0) is 0 Å². The molecule has 0 atom stereocenters. The minimum absolute atomic E-state index is 0.00390. The van der Waals surface area contributed by atoms with Gasteiger partial charge in [0.1, 0.15) is 5.75 Å². The van der Waals surface area contributed by atoms with Gasteiger partial charge in [0.15, 0.2) is 5.11 Å². The third-order valence-electron chi connectivity index (χ3n) is 2.53. The molecule has 0 amide bonds. The quantitative estimate of drug-likeness (QED) is 0.713. The highest BCUT2D eigenvalue weighted by Gasteiger charge is 2.10. The monoisotopic (exact) mass is 362 g/mol. The number of halogens is 4. The van der Waals surface area contributed by atoms with Crippen molar-refractivity contribution in [2.75, 3.05) is 10.6 Å². The van der Waals surface area contributed by atoms with Crippen LogP contribution in [0.2, 0.25) is 10.0 Å². The van der Waals surface area contributed by atoms with Crippen LogP contribution in [-0.4, -0.2) is 11.7 Å². The Hall–Kier alpha value is -1.63. The van der Waals surface area contributed by atoms with Gasteiger partial charge in [0.25, 0.3) is 0 Å². The van der Waals surface area contributed by atoms with Gasteiger partial charge in [-0.1, -0.05) is 35.3 Å². The summed E-state index contributed by atoms with van der Waals surface area (Å²) < 4.78 is 29.1. The molecule has 0 bridgehead atoms. The summed E-state index contributed by atoms with van der Waals surface area (Å²) in [5.41, 5.74) is 0.930. The van der Waals surface area contributed by atoms with Crippen molar-refractivity contribution in [3.8, 4) is 5.75 Å². The lowest BCUT2D eigenvalue weighted by Gasteiger charge is -2.14. The fourth-order valence-corrected chi connectivity index (χ4v) is 2.15. The van der Waals surface area contributed by atoms with Gasteiger partial charge in [0.05, 0.1) is 15.7 Å². The first-order chi connectivity index (χ1) is 10.5. The molecule has 8 heteroatoms. The molecule has 0 heterocycles. The molecule has 2 N–H and O–H groups in total. The zero-order valence-electron chi connectivity index (χ0n) is 10.9. The molecule has 0 aliphatic rings. The largest absolute Gasteiger partial charge is 0.433 e. The Morgan fingerprint density at radius 2 is 1.77 bits per heavy atom. The van der Waals surface area contributed by atoms with Gasteiger partial charge in [-0.2, -0.15) is 8.78 Å². The van der Waals surface area contributed by atoms with Crippen molar-refractivity contribution in [3.63, 3.8) is 0 Å². The lowest BCUT2D eigenvalue weighted by Crippen LogP contribution is -2.19. The molecule has 0 spiro atoms. The Labute approximate surface area is 141 Å². The molecule has 116 valence electrons. The van der Waals surface area contributed by atoms with Crippen molar-refractivity contribution in [3.05, 3.63) is 52.5 Å². The number of rotatable bonds is 4. The second kappa shape index (κ2) is 7.58. The minimum Gasteiger partial charge on any atom is -0.433 e. The molecule has 2 aromatic carbocycles. The SMILES string of the molecule is FC(F)Oc1ccccc1NC(=S)Nc1ccc(Cl)c(Cl)c1.